The number of alkyl halides is 3. The first-order chi connectivity index (χ1) is 30.9. The highest BCUT2D eigenvalue weighted by Crippen LogP contribution is 2.43. The average molecular weight is 901 g/mol. The van der Waals surface area contributed by atoms with Crippen molar-refractivity contribution >= 4 is 34.6 Å². The molecule has 2 aromatic carbocycles. The molecule has 2 saturated heterocycles. The van der Waals surface area contributed by atoms with Crippen LogP contribution in [0.4, 0.5) is 13.2 Å². The molecule has 2 aromatic heterocycles. The van der Waals surface area contributed by atoms with Crippen LogP contribution >= 0.6 is 0 Å². The van der Waals surface area contributed by atoms with E-state index in [4.69, 9.17) is 14.2 Å². The lowest BCUT2D eigenvalue weighted by molar-refractivity contribution is -0.155. The number of benzene rings is 2. The Morgan fingerprint density at radius 1 is 1.08 bits per heavy atom. The summed E-state index contributed by atoms with van der Waals surface area (Å²) in [6, 6.07) is 14.5. The molecule has 13 nitrogen and oxygen atoms in total. The minimum absolute atomic E-state index is 0.0692. The number of esters is 1. The number of methoxy groups -OCH3 is 1. The Balaban J connectivity index is 1.30. The first kappa shape index (κ1) is 47.4. The molecule has 0 saturated carbocycles. The van der Waals surface area contributed by atoms with Crippen LogP contribution in [0.25, 0.3) is 33.3 Å². The van der Waals surface area contributed by atoms with Gasteiger partial charge in [-0.2, -0.15) is 13.2 Å². The van der Waals surface area contributed by atoms with Gasteiger partial charge in [0.25, 0.3) is 5.91 Å². The maximum atomic E-state index is 14.6. The highest BCUT2D eigenvalue weighted by molar-refractivity contribution is 5.95. The molecule has 3 amide bonds. The molecule has 2 N–H and O–H groups in total. The van der Waals surface area contributed by atoms with Crippen LogP contribution in [0.5, 0.6) is 0 Å². The van der Waals surface area contributed by atoms with Gasteiger partial charge in [-0.25, -0.2) is 5.43 Å². The summed E-state index contributed by atoms with van der Waals surface area (Å²) < 4.78 is 63.0. The molecule has 0 spiro atoms. The summed E-state index contributed by atoms with van der Waals surface area (Å²) >= 11 is 0. The molecule has 0 unspecified atom stereocenters. The zero-order valence-electron chi connectivity index (χ0n) is 37.9. The molecular formula is C49H59F3N6O7. The Kier molecular flexibility index (Phi) is 14.2. The highest BCUT2D eigenvalue weighted by Gasteiger charge is 2.38. The molecule has 7 rings (SSSR count). The third-order valence-electron chi connectivity index (χ3n) is 12.6. The van der Waals surface area contributed by atoms with Gasteiger partial charge in [0.2, 0.25) is 11.8 Å². The van der Waals surface area contributed by atoms with Crippen molar-refractivity contribution in [1.82, 2.24) is 30.2 Å². The Labute approximate surface area is 377 Å². The molecule has 6 bridgehead atoms. The van der Waals surface area contributed by atoms with E-state index in [-0.39, 0.29) is 56.4 Å². The van der Waals surface area contributed by atoms with E-state index in [0.717, 1.165) is 16.7 Å². The van der Waals surface area contributed by atoms with E-state index in [9.17, 15) is 32.3 Å². The van der Waals surface area contributed by atoms with Crippen LogP contribution < -0.4 is 10.7 Å². The summed E-state index contributed by atoms with van der Waals surface area (Å²) in [5.74, 6) is -2.34. The number of carbonyl (C=O) groups excluding carboxylic acids is 4. The van der Waals surface area contributed by atoms with Gasteiger partial charge in [0, 0.05) is 61.2 Å². The number of amides is 3. The normalized spacial score (nSPS) is 20.5. The average Bonchev–Trinajstić information content (AvgIpc) is 3.54. The number of fused-ring (bicyclic) bond motifs is 6. The molecule has 0 aliphatic carbocycles. The maximum absolute atomic E-state index is 14.6. The van der Waals surface area contributed by atoms with E-state index in [1.165, 1.54) is 22.8 Å². The van der Waals surface area contributed by atoms with Crippen LogP contribution in [-0.2, 0) is 52.8 Å². The highest BCUT2D eigenvalue weighted by atomic mass is 19.4. The second kappa shape index (κ2) is 19.5. The minimum atomic E-state index is -4.57. The smallest absolute Gasteiger partial charge is 0.406 e. The van der Waals surface area contributed by atoms with Crippen molar-refractivity contribution in [3.05, 3.63) is 90.3 Å². The lowest BCUT2D eigenvalue weighted by atomic mass is 9.84. The Morgan fingerprint density at radius 3 is 2.54 bits per heavy atom. The largest absolute Gasteiger partial charge is 0.464 e. The van der Waals surface area contributed by atoms with Crippen LogP contribution in [0.2, 0.25) is 0 Å². The Bertz CT molecular complexity index is 2430. The number of hydrogen-bond donors (Lipinski definition) is 2. The topological polar surface area (TPSA) is 144 Å². The number of halogens is 3. The van der Waals surface area contributed by atoms with Gasteiger partial charge in [-0.3, -0.25) is 29.2 Å². The van der Waals surface area contributed by atoms with Crippen LogP contribution in [-0.4, -0.2) is 107 Å². The van der Waals surface area contributed by atoms with Crippen LogP contribution in [0, 0.1) is 17.3 Å². The predicted molar refractivity (Wildman–Crippen MR) is 239 cm³/mol. The Hall–Kier alpha value is -5.58. The van der Waals surface area contributed by atoms with Crippen molar-refractivity contribution in [2.75, 3.05) is 40.0 Å². The van der Waals surface area contributed by atoms with Crippen molar-refractivity contribution in [2.45, 2.75) is 97.3 Å². The standard InChI is InChI=1S/C49H59F3N6O7/c1-8-42(59)56-24-34(25-56)64-26-38(29(2)3)45(60)54-40-21-31-12-9-13-32(20-31)33-16-17-41-36(22-33)37(23-48(5,6)28-65-47(62)39-15-11-19-58(55-39)46(40)61)44(57(41)27-49(50,51)52)35-14-10-18-53-43(35)30(4)63-7/h8-10,12-14,16-18,20,22,29-30,34,38-40,55H,1,11,15,19,21,23-28H2,2-7H3,(H,54,60)/t30-,38-,39-,40-/m0/s1. The zero-order valence-corrected chi connectivity index (χ0v) is 37.9. The molecule has 2 fully saturated rings. The molecule has 16 heteroatoms. The van der Waals surface area contributed by atoms with Crippen molar-refractivity contribution in [3.8, 4) is 22.4 Å². The Morgan fingerprint density at radius 2 is 1.83 bits per heavy atom. The number of cyclic esters (lactones) is 1. The second-order valence-corrected chi connectivity index (χ2v) is 18.6. The summed E-state index contributed by atoms with van der Waals surface area (Å²) in [7, 11) is 1.52. The monoisotopic (exact) mass is 900 g/mol. The number of aromatic nitrogens is 2. The van der Waals surface area contributed by atoms with Crippen molar-refractivity contribution in [3.63, 3.8) is 0 Å². The number of ether oxygens (including phenoxy) is 3. The van der Waals surface area contributed by atoms with Crippen LogP contribution in [0.3, 0.4) is 0 Å². The number of pyridine rings is 1. The predicted octanol–water partition coefficient (Wildman–Crippen LogP) is 6.97. The molecule has 4 atom stereocenters. The third kappa shape index (κ3) is 10.8. The third-order valence-corrected chi connectivity index (χ3v) is 12.6. The lowest BCUT2D eigenvalue weighted by Gasteiger charge is -2.39. The van der Waals surface area contributed by atoms with Gasteiger partial charge in [0.15, 0.2) is 0 Å². The van der Waals surface area contributed by atoms with Crippen molar-refractivity contribution < 1.29 is 46.6 Å². The summed E-state index contributed by atoms with van der Waals surface area (Å²) in [4.78, 5) is 60.7. The molecule has 5 heterocycles. The maximum Gasteiger partial charge on any atom is 0.406 e. The number of hydrogen-bond acceptors (Lipinski definition) is 9. The number of likely N-dealkylation sites (tertiary alicyclic amines) is 1. The molecule has 0 radical (unpaired) electrons. The fraction of sp³-hybridized carbons (Fsp3) is 0.490. The molecule has 348 valence electrons. The number of nitrogens with one attached hydrogen (secondary N) is 2. The van der Waals surface area contributed by atoms with Crippen molar-refractivity contribution in [2.24, 2.45) is 17.3 Å². The van der Waals surface area contributed by atoms with E-state index in [1.54, 1.807) is 42.3 Å². The fourth-order valence-corrected chi connectivity index (χ4v) is 8.94. The van der Waals surface area contributed by atoms with Crippen molar-refractivity contribution in [1.29, 1.82) is 0 Å². The minimum Gasteiger partial charge on any atom is -0.464 e. The lowest BCUT2D eigenvalue weighted by Crippen LogP contribution is -2.61. The summed E-state index contributed by atoms with van der Waals surface area (Å²) in [6.45, 7) is 12.8. The number of carbonyl (C=O) groups is 4. The van der Waals surface area contributed by atoms with Gasteiger partial charge in [0.1, 0.15) is 18.6 Å². The summed E-state index contributed by atoms with van der Waals surface area (Å²) in [6.07, 6.45) is -1.29. The van der Waals surface area contributed by atoms with Gasteiger partial charge in [0.05, 0.1) is 42.7 Å². The quantitative estimate of drug-likeness (QED) is 0.121. The number of rotatable bonds is 11. The van der Waals surface area contributed by atoms with Gasteiger partial charge >= 0.3 is 12.1 Å². The molecule has 3 aliphatic rings. The van der Waals surface area contributed by atoms with Gasteiger partial charge in [-0.05, 0) is 84.7 Å². The van der Waals surface area contributed by atoms with Crippen LogP contribution in [0.15, 0.2) is 73.4 Å². The van der Waals surface area contributed by atoms with Crippen LogP contribution in [0.1, 0.15) is 70.4 Å². The van der Waals surface area contributed by atoms with Gasteiger partial charge in [-0.1, -0.05) is 64.6 Å². The molecule has 4 aromatic rings. The fourth-order valence-electron chi connectivity index (χ4n) is 8.94. The zero-order chi connectivity index (χ0) is 46.8. The summed E-state index contributed by atoms with van der Waals surface area (Å²) in [5.41, 5.74) is 6.87. The van der Waals surface area contributed by atoms with Gasteiger partial charge < -0.3 is 29.0 Å². The first-order valence-corrected chi connectivity index (χ1v) is 22.2. The molecule has 3 aliphatic heterocycles. The van der Waals surface area contributed by atoms with E-state index >= 15 is 0 Å². The summed E-state index contributed by atoms with van der Waals surface area (Å²) in [5, 5.41) is 5.02. The first-order valence-electron chi connectivity index (χ1n) is 22.2. The van der Waals surface area contributed by atoms with E-state index in [0.29, 0.717) is 59.3 Å². The van der Waals surface area contributed by atoms with E-state index < -0.39 is 54.1 Å². The van der Waals surface area contributed by atoms with E-state index in [1.807, 2.05) is 58.0 Å². The number of hydrazine groups is 1. The number of nitrogens with zero attached hydrogens (tertiary/aromatic N) is 4. The SMILES string of the molecule is C=CC(=O)N1CC(OC[C@H](C(=O)N[C@H]2Cc3cccc(c3)-c3ccc4c(c3)c(c(-c3cccnc3[C@H](C)OC)n4CC(F)(F)F)CC(C)(C)COC(=O)[C@@H]3CCCN(N3)C2=O)C(C)C)C1. The molecular weight excluding hydrogens is 842 g/mol. The second-order valence-electron chi connectivity index (χ2n) is 18.6. The molecule has 65 heavy (non-hydrogen) atoms. The van der Waals surface area contributed by atoms with E-state index in [2.05, 4.69) is 22.3 Å². The van der Waals surface area contributed by atoms with Gasteiger partial charge in [-0.15, -0.1) is 0 Å².